The minimum atomic E-state index is -2.76. The monoisotopic (exact) mass is 240 g/mol. The molecule has 0 amide bonds. The Morgan fingerprint density at radius 2 is 1.94 bits per heavy atom. The third kappa shape index (κ3) is 2.57. The van der Waals surface area contributed by atoms with Gasteiger partial charge in [-0.2, -0.15) is 0 Å². The molecular weight excluding hydrogens is 222 g/mol. The number of nitrogen functional groups attached to an aromatic ring is 1. The molecule has 94 valence electrons. The Labute approximate surface area is 100 Å². The number of piperidine rings is 1. The molecule has 17 heavy (non-hydrogen) atoms. The van der Waals surface area contributed by atoms with Crippen LogP contribution in [-0.2, 0) is 5.92 Å². The molecule has 2 N–H and O–H groups in total. The zero-order chi connectivity index (χ0) is 12.5. The van der Waals surface area contributed by atoms with Crippen LogP contribution in [-0.4, -0.2) is 25.0 Å². The molecule has 1 atom stereocenters. The minimum Gasteiger partial charge on any atom is -0.399 e. The highest BCUT2D eigenvalue weighted by molar-refractivity contribution is 5.40. The summed E-state index contributed by atoms with van der Waals surface area (Å²) in [7, 11) is 1.89. The topological polar surface area (TPSA) is 29.3 Å². The highest BCUT2D eigenvalue weighted by atomic mass is 19.3. The first-order valence-electron chi connectivity index (χ1n) is 5.92. The fraction of sp³-hybridized carbons (Fsp3) is 0.538. The summed E-state index contributed by atoms with van der Waals surface area (Å²) in [4.78, 5) is 1.97. The second-order valence-corrected chi connectivity index (χ2v) is 4.85. The van der Waals surface area contributed by atoms with Gasteiger partial charge < -0.3 is 10.6 Å². The zero-order valence-corrected chi connectivity index (χ0v) is 10.00. The predicted molar refractivity (Wildman–Crippen MR) is 65.0 cm³/mol. The normalized spacial score (nSPS) is 22.6. The molecule has 1 unspecified atom stereocenters. The van der Waals surface area contributed by atoms with Gasteiger partial charge in [0.1, 0.15) is 0 Å². The highest BCUT2D eigenvalue weighted by Gasteiger charge is 2.42. The number of anilines is 1. The Morgan fingerprint density at radius 3 is 2.53 bits per heavy atom. The average Bonchev–Trinajstić information content (AvgIpc) is 2.29. The summed E-state index contributed by atoms with van der Waals surface area (Å²) >= 11 is 0. The number of nitrogens with zero attached hydrogens (tertiary/aromatic N) is 1. The lowest BCUT2D eigenvalue weighted by atomic mass is 9.88. The minimum absolute atomic E-state index is 0.0759. The van der Waals surface area contributed by atoms with Crippen LogP contribution < -0.4 is 5.73 Å². The van der Waals surface area contributed by atoms with Crippen LogP contribution in [0, 0.1) is 5.92 Å². The second kappa shape index (κ2) is 4.61. The van der Waals surface area contributed by atoms with E-state index in [9.17, 15) is 8.78 Å². The Morgan fingerprint density at radius 1 is 1.29 bits per heavy atom. The van der Waals surface area contributed by atoms with E-state index in [-0.39, 0.29) is 5.56 Å². The van der Waals surface area contributed by atoms with E-state index in [0.717, 1.165) is 13.0 Å². The number of nitrogens with two attached hydrogens (primary N) is 1. The molecule has 1 heterocycles. The van der Waals surface area contributed by atoms with Crippen LogP contribution in [0.5, 0.6) is 0 Å². The average molecular weight is 240 g/mol. The lowest BCUT2D eigenvalue weighted by Gasteiger charge is -2.35. The van der Waals surface area contributed by atoms with Gasteiger partial charge in [0.15, 0.2) is 0 Å². The van der Waals surface area contributed by atoms with Crippen LogP contribution in [0.3, 0.4) is 0 Å². The van der Waals surface area contributed by atoms with Crippen LogP contribution in [0.25, 0.3) is 0 Å². The summed E-state index contributed by atoms with van der Waals surface area (Å²) in [5.74, 6) is -3.35. The third-order valence-electron chi connectivity index (χ3n) is 3.43. The van der Waals surface area contributed by atoms with Crippen molar-refractivity contribution in [3.63, 3.8) is 0 Å². The van der Waals surface area contributed by atoms with E-state index >= 15 is 0 Å². The summed E-state index contributed by atoms with van der Waals surface area (Å²) in [6.45, 7) is 1.37. The molecule has 2 nitrogen and oxygen atoms in total. The fourth-order valence-corrected chi connectivity index (χ4v) is 2.40. The molecule has 4 heteroatoms. The van der Waals surface area contributed by atoms with Crippen molar-refractivity contribution in [3.8, 4) is 0 Å². The molecule has 0 saturated carbocycles. The number of benzene rings is 1. The maximum Gasteiger partial charge on any atom is 0.277 e. The molecule has 0 bridgehead atoms. The van der Waals surface area contributed by atoms with E-state index in [4.69, 9.17) is 5.73 Å². The van der Waals surface area contributed by atoms with E-state index in [1.54, 1.807) is 0 Å². The number of rotatable bonds is 2. The first kappa shape index (κ1) is 12.3. The van der Waals surface area contributed by atoms with Crippen molar-refractivity contribution in [2.75, 3.05) is 25.9 Å². The Kier molecular flexibility index (Phi) is 3.33. The molecule has 0 aromatic heterocycles. The maximum absolute atomic E-state index is 14.3. The Balaban J connectivity index is 2.19. The molecule has 1 aliphatic rings. The van der Waals surface area contributed by atoms with Gasteiger partial charge in [-0.25, -0.2) is 8.78 Å². The van der Waals surface area contributed by atoms with Crippen LogP contribution in [0.4, 0.5) is 14.5 Å². The first-order valence-corrected chi connectivity index (χ1v) is 5.92. The smallest absolute Gasteiger partial charge is 0.277 e. The van der Waals surface area contributed by atoms with Gasteiger partial charge >= 0.3 is 0 Å². The molecular formula is C13H18F2N2. The molecule has 1 saturated heterocycles. The maximum atomic E-state index is 14.3. The fourth-order valence-electron chi connectivity index (χ4n) is 2.40. The third-order valence-corrected chi connectivity index (χ3v) is 3.43. The number of hydrogen-bond acceptors (Lipinski definition) is 2. The van der Waals surface area contributed by atoms with Gasteiger partial charge in [0.05, 0.1) is 0 Å². The lowest BCUT2D eigenvalue weighted by Crippen LogP contribution is -2.40. The van der Waals surface area contributed by atoms with Crippen molar-refractivity contribution >= 4 is 5.69 Å². The van der Waals surface area contributed by atoms with Crippen LogP contribution in [0.1, 0.15) is 18.4 Å². The van der Waals surface area contributed by atoms with E-state index in [0.29, 0.717) is 18.7 Å². The van der Waals surface area contributed by atoms with Crippen molar-refractivity contribution in [1.29, 1.82) is 0 Å². The molecule has 0 spiro atoms. The molecule has 2 rings (SSSR count). The van der Waals surface area contributed by atoms with Crippen molar-refractivity contribution < 1.29 is 8.78 Å². The number of halogens is 2. The van der Waals surface area contributed by atoms with Crippen molar-refractivity contribution in [2.24, 2.45) is 5.92 Å². The van der Waals surface area contributed by atoms with Crippen molar-refractivity contribution in [1.82, 2.24) is 4.90 Å². The van der Waals surface area contributed by atoms with Crippen molar-refractivity contribution in [2.45, 2.75) is 18.8 Å². The molecule has 1 aliphatic heterocycles. The first-order chi connectivity index (χ1) is 8.00. The lowest BCUT2D eigenvalue weighted by molar-refractivity contribution is -0.0863. The molecule has 1 fully saturated rings. The standard InChI is InChI=1S/C13H18F2N2/c1-17-8-2-3-11(9-17)13(14,15)10-4-6-12(16)7-5-10/h4-7,11H,2-3,8-9,16H2,1H3. The van der Waals surface area contributed by atoms with Crippen LogP contribution in [0.2, 0.25) is 0 Å². The molecule has 0 aliphatic carbocycles. The summed E-state index contributed by atoms with van der Waals surface area (Å²) in [5.41, 5.74) is 6.11. The van der Waals surface area contributed by atoms with Gasteiger partial charge in [-0.15, -0.1) is 0 Å². The summed E-state index contributed by atoms with van der Waals surface area (Å²) in [6.07, 6.45) is 1.42. The summed E-state index contributed by atoms with van der Waals surface area (Å²) in [6, 6.07) is 5.94. The van der Waals surface area contributed by atoms with E-state index < -0.39 is 11.8 Å². The van der Waals surface area contributed by atoms with Crippen LogP contribution >= 0.6 is 0 Å². The van der Waals surface area contributed by atoms with E-state index in [1.807, 2.05) is 11.9 Å². The SMILES string of the molecule is CN1CCCC(C(F)(F)c2ccc(N)cc2)C1. The Hall–Kier alpha value is -1.16. The van der Waals surface area contributed by atoms with Gasteiger partial charge in [0, 0.05) is 23.7 Å². The highest BCUT2D eigenvalue weighted by Crippen LogP contribution is 2.40. The molecule has 1 aromatic carbocycles. The second-order valence-electron chi connectivity index (χ2n) is 4.85. The molecule has 0 radical (unpaired) electrons. The summed E-state index contributed by atoms with van der Waals surface area (Å²) < 4.78 is 28.6. The molecule has 1 aromatic rings. The largest absolute Gasteiger partial charge is 0.399 e. The van der Waals surface area contributed by atoms with Crippen LogP contribution in [0.15, 0.2) is 24.3 Å². The van der Waals surface area contributed by atoms with Gasteiger partial charge in [-0.3, -0.25) is 0 Å². The number of hydrogen-bond donors (Lipinski definition) is 1. The quantitative estimate of drug-likeness (QED) is 0.805. The number of alkyl halides is 2. The van der Waals surface area contributed by atoms with Crippen molar-refractivity contribution in [3.05, 3.63) is 29.8 Å². The van der Waals surface area contributed by atoms with Gasteiger partial charge in [0.2, 0.25) is 0 Å². The van der Waals surface area contributed by atoms with Gasteiger partial charge in [-0.05, 0) is 38.6 Å². The Bertz CT molecular complexity index is 376. The van der Waals surface area contributed by atoms with Gasteiger partial charge in [-0.1, -0.05) is 12.1 Å². The predicted octanol–water partition coefficient (Wildman–Crippen LogP) is 2.70. The zero-order valence-electron chi connectivity index (χ0n) is 10.00. The van der Waals surface area contributed by atoms with E-state index in [1.165, 1.54) is 24.3 Å². The van der Waals surface area contributed by atoms with Gasteiger partial charge in [0.25, 0.3) is 5.92 Å². The number of likely N-dealkylation sites (tertiary alicyclic amines) is 1. The van der Waals surface area contributed by atoms with E-state index in [2.05, 4.69) is 0 Å². The summed E-state index contributed by atoms with van der Waals surface area (Å²) in [5, 5.41) is 0.